The summed E-state index contributed by atoms with van der Waals surface area (Å²) in [6.45, 7) is 0. The predicted octanol–water partition coefficient (Wildman–Crippen LogP) is 10.8. The van der Waals surface area contributed by atoms with Gasteiger partial charge in [0.05, 0.1) is 22.1 Å². The van der Waals surface area contributed by atoms with E-state index in [0.29, 0.717) is 0 Å². The van der Waals surface area contributed by atoms with Gasteiger partial charge in [0.2, 0.25) is 0 Å². The fraction of sp³-hybridized carbons (Fsp3) is 0.0588. The minimum Gasteiger partial charge on any atom is -0.456 e. The second-order valence-electron chi connectivity index (χ2n) is 14.8. The van der Waals surface area contributed by atoms with Crippen molar-refractivity contribution < 1.29 is 8.83 Å². The number of hydrogen-bond donors (Lipinski definition) is 1. The van der Waals surface area contributed by atoms with Crippen molar-refractivity contribution >= 4 is 78.5 Å². The zero-order valence-electron chi connectivity index (χ0n) is 30.8. The number of nitrogens with zero attached hydrogens (tertiary/aromatic N) is 3. The van der Waals surface area contributed by atoms with E-state index in [4.69, 9.17) is 18.8 Å². The Labute approximate surface area is 327 Å². The highest BCUT2D eigenvalue weighted by Crippen LogP contribution is 2.42. The lowest BCUT2D eigenvalue weighted by Crippen LogP contribution is -2.36. The lowest BCUT2D eigenvalue weighted by molar-refractivity contribution is 0.568. The van der Waals surface area contributed by atoms with E-state index in [-0.39, 0.29) is 12.1 Å². The molecule has 0 fully saturated rings. The van der Waals surface area contributed by atoms with Crippen LogP contribution in [0.1, 0.15) is 23.7 Å². The molecular formula is C51H34N4O2. The van der Waals surface area contributed by atoms with E-state index in [1.54, 1.807) is 0 Å². The molecule has 4 heterocycles. The third kappa shape index (κ3) is 4.97. The molecule has 7 aromatic carbocycles. The number of aliphatic imine (C=N–C) groups is 2. The molecule has 0 amide bonds. The molecule has 12 rings (SSSR count). The van der Waals surface area contributed by atoms with Gasteiger partial charge >= 0.3 is 0 Å². The lowest BCUT2D eigenvalue weighted by atomic mass is 9.94. The molecule has 1 N–H and O–H groups in total. The molecule has 3 aromatic heterocycles. The smallest absolute Gasteiger partial charge is 0.147 e. The summed E-state index contributed by atoms with van der Waals surface area (Å²) >= 11 is 0. The van der Waals surface area contributed by atoms with Crippen LogP contribution in [0, 0.1) is 5.92 Å². The number of furan rings is 2. The van der Waals surface area contributed by atoms with Crippen LogP contribution in [0.15, 0.2) is 183 Å². The quantitative estimate of drug-likeness (QED) is 0.191. The first kappa shape index (κ1) is 31.9. The Kier molecular flexibility index (Phi) is 7.01. The second kappa shape index (κ2) is 12.5. The Hall–Kier alpha value is -7.44. The summed E-state index contributed by atoms with van der Waals surface area (Å²) in [4.78, 5) is 10.3. The number of para-hydroxylation sites is 3. The van der Waals surface area contributed by atoms with E-state index in [1.165, 1.54) is 21.8 Å². The molecule has 0 saturated heterocycles. The molecule has 1 aliphatic carbocycles. The van der Waals surface area contributed by atoms with Crippen LogP contribution in [0.3, 0.4) is 0 Å². The molecule has 0 spiro atoms. The summed E-state index contributed by atoms with van der Waals surface area (Å²) in [6.07, 6.45) is 5.01. The van der Waals surface area contributed by atoms with Crippen molar-refractivity contribution in [3.8, 4) is 16.8 Å². The molecular weight excluding hydrogens is 701 g/mol. The monoisotopic (exact) mass is 734 g/mol. The lowest BCUT2D eigenvalue weighted by Gasteiger charge is -2.26. The van der Waals surface area contributed by atoms with Crippen LogP contribution >= 0.6 is 0 Å². The van der Waals surface area contributed by atoms with Crippen molar-refractivity contribution in [1.29, 1.82) is 0 Å². The molecule has 0 bridgehead atoms. The van der Waals surface area contributed by atoms with Crippen LogP contribution < -0.4 is 16.0 Å². The molecule has 0 radical (unpaired) electrons. The van der Waals surface area contributed by atoms with Gasteiger partial charge in [0.15, 0.2) is 0 Å². The first-order valence-electron chi connectivity index (χ1n) is 19.5. The summed E-state index contributed by atoms with van der Waals surface area (Å²) in [6, 6.07) is 57.1. The zero-order chi connectivity index (χ0) is 37.5. The third-order valence-corrected chi connectivity index (χ3v) is 11.6. The topological polar surface area (TPSA) is 68.0 Å². The summed E-state index contributed by atoms with van der Waals surface area (Å²) < 4.78 is 15.9. The van der Waals surface area contributed by atoms with Gasteiger partial charge in [-0.1, -0.05) is 140 Å². The van der Waals surface area contributed by atoms with Crippen molar-refractivity contribution in [1.82, 2.24) is 9.88 Å². The number of hydrogen-bond acceptors (Lipinski definition) is 5. The first-order chi connectivity index (χ1) is 28.3. The van der Waals surface area contributed by atoms with Crippen LogP contribution in [0.25, 0.3) is 83.7 Å². The van der Waals surface area contributed by atoms with Crippen molar-refractivity contribution in [2.24, 2.45) is 15.9 Å². The molecule has 2 unspecified atom stereocenters. The third-order valence-electron chi connectivity index (χ3n) is 11.6. The van der Waals surface area contributed by atoms with E-state index in [1.807, 2.05) is 24.3 Å². The molecule has 10 aromatic rings. The van der Waals surface area contributed by atoms with Crippen LogP contribution in [-0.2, 0) is 0 Å². The molecule has 6 heteroatoms. The molecule has 57 heavy (non-hydrogen) atoms. The molecule has 0 saturated carbocycles. The van der Waals surface area contributed by atoms with E-state index >= 15 is 0 Å². The van der Waals surface area contributed by atoms with Gasteiger partial charge in [0.25, 0.3) is 0 Å². The highest BCUT2D eigenvalue weighted by Gasteiger charge is 2.26. The van der Waals surface area contributed by atoms with Crippen LogP contribution in [-0.4, -0.2) is 16.2 Å². The van der Waals surface area contributed by atoms with E-state index in [0.717, 1.165) is 89.6 Å². The van der Waals surface area contributed by atoms with Crippen molar-refractivity contribution in [3.05, 3.63) is 186 Å². The number of rotatable bonds is 5. The van der Waals surface area contributed by atoms with E-state index in [2.05, 4.69) is 162 Å². The minimum atomic E-state index is -0.245. The van der Waals surface area contributed by atoms with Gasteiger partial charge < -0.3 is 18.7 Å². The number of amidine groups is 2. The number of nitrogens with one attached hydrogen (secondary N) is 1. The minimum absolute atomic E-state index is 0.0494. The normalized spacial score (nSPS) is 16.6. The zero-order valence-corrected chi connectivity index (χ0v) is 30.8. The average Bonchev–Trinajstić information content (AvgIpc) is 3.96. The van der Waals surface area contributed by atoms with Gasteiger partial charge in [-0.2, -0.15) is 0 Å². The number of fused-ring (bicyclic) bond motifs is 9. The van der Waals surface area contributed by atoms with Crippen LogP contribution in [0.4, 0.5) is 0 Å². The number of aromatic nitrogens is 1. The van der Waals surface area contributed by atoms with Gasteiger partial charge in [-0.3, -0.25) is 0 Å². The summed E-state index contributed by atoms with van der Waals surface area (Å²) in [5, 5.41) is 10.4. The SMILES string of the molecule is C1=c2oc3cccc(-c4cccc5c4oc4cccc(-n6c7ccccc7c7ccccc76)c45)c3c2=CCC1C1=NC(c2ccccc2)NC(c2ccccc2)=N1. The maximum atomic E-state index is 6.86. The Morgan fingerprint density at radius 3 is 2.02 bits per heavy atom. The Balaban J connectivity index is 1.01. The summed E-state index contributed by atoms with van der Waals surface area (Å²) in [5.74, 6) is 1.56. The van der Waals surface area contributed by atoms with Crippen molar-refractivity contribution in [3.63, 3.8) is 0 Å². The fourth-order valence-corrected chi connectivity index (χ4v) is 9.01. The molecule has 6 nitrogen and oxygen atoms in total. The Morgan fingerprint density at radius 2 is 1.23 bits per heavy atom. The van der Waals surface area contributed by atoms with Crippen LogP contribution in [0.2, 0.25) is 0 Å². The molecule has 2 atom stereocenters. The highest BCUT2D eigenvalue weighted by atomic mass is 16.3. The first-order valence-corrected chi connectivity index (χ1v) is 19.5. The molecule has 1 aliphatic heterocycles. The largest absolute Gasteiger partial charge is 0.456 e. The highest BCUT2D eigenvalue weighted by molar-refractivity contribution is 6.17. The fourth-order valence-electron chi connectivity index (χ4n) is 9.01. The molecule has 270 valence electrons. The maximum absolute atomic E-state index is 6.86. The van der Waals surface area contributed by atoms with Crippen molar-refractivity contribution in [2.75, 3.05) is 0 Å². The maximum Gasteiger partial charge on any atom is 0.147 e. The molecule has 2 aliphatic rings. The van der Waals surface area contributed by atoms with Gasteiger partial charge in [0.1, 0.15) is 40.0 Å². The summed E-state index contributed by atoms with van der Waals surface area (Å²) in [7, 11) is 0. The number of benzene rings is 7. The summed E-state index contributed by atoms with van der Waals surface area (Å²) in [5.41, 5.74) is 11.1. The van der Waals surface area contributed by atoms with Gasteiger partial charge in [0, 0.05) is 43.8 Å². The van der Waals surface area contributed by atoms with Gasteiger partial charge in [-0.25, -0.2) is 9.98 Å². The van der Waals surface area contributed by atoms with E-state index < -0.39 is 0 Å². The average molecular weight is 735 g/mol. The standard InChI is InChI=1S/C51H34N4O2/c1-3-14-31(15-4-1)49-52-50(32-16-5-2-6-17-32)54-51(53-49)33-28-29-38-45(30-33)56-43-26-12-20-36(46(38)43)37-21-11-22-39-47-42(25-13-27-44(47)57-48(37)39)55-40-23-9-7-18-34(40)35-19-8-10-24-41(35)55/h1-27,29-30,33,49H,28H2,(H,52,53,54). The predicted molar refractivity (Wildman–Crippen MR) is 232 cm³/mol. The van der Waals surface area contributed by atoms with Gasteiger partial charge in [-0.05, 0) is 54.0 Å². The Morgan fingerprint density at radius 1 is 0.579 bits per heavy atom. The second-order valence-corrected chi connectivity index (χ2v) is 14.8. The van der Waals surface area contributed by atoms with E-state index in [9.17, 15) is 0 Å². The Bertz CT molecular complexity index is 3370. The van der Waals surface area contributed by atoms with Crippen molar-refractivity contribution in [2.45, 2.75) is 12.6 Å². The van der Waals surface area contributed by atoms with Crippen LogP contribution in [0.5, 0.6) is 0 Å². The van der Waals surface area contributed by atoms with Gasteiger partial charge in [-0.15, -0.1) is 0 Å².